The minimum atomic E-state index is -4.19. The second-order valence-corrected chi connectivity index (χ2v) is 16.0. The van der Waals surface area contributed by atoms with E-state index in [0.29, 0.717) is 35.1 Å². The van der Waals surface area contributed by atoms with E-state index in [1.54, 1.807) is 24.3 Å². The molecule has 52 heavy (non-hydrogen) atoms. The molecule has 6 rings (SSSR count). The monoisotopic (exact) mass is 719 g/mol. The first kappa shape index (κ1) is 36.7. The molecule has 0 radical (unpaired) electrons. The summed E-state index contributed by atoms with van der Waals surface area (Å²) in [5.74, 6) is -0.834. The van der Waals surface area contributed by atoms with Crippen molar-refractivity contribution in [1.29, 1.82) is 0 Å². The Kier molecular flexibility index (Phi) is 10.3. The Labute approximate surface area is 305 Å². The van der Waals surface area contributed by atoms with Crippen LogP contribution in [0, 0.1) is 16.7 Å². The van der Waals surface area contributed by atoms with Crippen LogP contribution in [0.1, 0.15) is 74.0 Å². The Morgan fingerprint density at radius 2 is 1.56 bits per heavy atom. The first-order valence-electron chi connectivity index (χ1n) is 17.6. The van der Waals surface area contributed by atoms with Gasteiger partial charge in [0.25, 0.3) is 16.0 Å². The van der Waals surface area contributed by atoms with Crippen molar-refractivity contribution in [3.63, 3.8) is 0 Å². The molecule has 4 aromatic carbocycles. The van der Waals surface area contributed by atoms with Crippen molar-refractivity contribution in [2.75, 3.05) is 17.6 Å². The second kappa shape index (κ2) is 14.5. The van der Waals surface area contributed by atoms with E-state index >= 15 is 0 Å². The average Bonchev–Trinajstić information content (AvgIpc) is 3.64. The molecule has 1 aliphatic carbocycles. The van der Waals surface area contributed by atoms with Gasteiger partial charge in [-0.15, -0.1) is 0 Å². The highest BCUT2D eigenvalue weighted by atomic mass is 32.2. The zero-order valence-corrected chi connectivity index (χ0v) is 31.0. The highest BCUT2D eigenvalue weighted by Crippen LogP contribution is 2.60. The summed E-state index contributed by atoms with van der Waals surface area (Å²) in [6.45, 7) is 11.3. The number of carbonyl (C=O) groups is 2. The van der Waals surface area contributed by atoms with E-state index in [2.05, 4.69) is 68.4 Å². The van der Waals surface area contributed by atoms with Gasteiger partial charge in [-0.1, -0.05) is 89.2 Å². The lowest BCUT2D eigenvalue weighted by Crippen LogP contribution is -2.35. The fourth-order valence-electron chi connectivity index (χ4n) is 7.15. The number of rotatable bonds is 12. The summed E-state index contributed by atoms with van der Waals surface area (Å²) in [4.78, 5) is 31.2. The summed E-state index contributed by atoms with van der Waals surface area (Å²) in [5, 5.41) is 5.60. The second-order valence-electron chi connectivity index (χ2n) is 14.4. The summed E-state index contributed by atoms with van der Waals surface area (Å²) in [6, 6.07) is 30.2. The zero-order chi connectivity index (χ0) is 37.3. The molecule has 0 bridgehead atoms. The smallest absolute Gasteiger partial charge is 0.266 e. The zero-order valence-electron chi connectivity index (χ0n) is 30.1. The van der Waals surface area contributed by atoms with Gasteiger partial charge in [-0.3, -0.25) is 14.1 Å². The van der Waals surface area contributed by atoms with Crippen LogP contribution >= 0.6 is 0 Å². The predicted molar refractivity (Wildman–Crippen MR) is 205 cm³/mol. The van der Waals surface area contributed by atoms with Gasteiger partial charge in [0.05, 0.1) is 11.7 Å². The Hall–Kier alpha value is -5.06. The number of nitrogens with zero attached hydrogens (tertiary/aromatic N) is 1. The highest BCUT2D eigenvalue weighted by molar-refractivity contribution is 7.85. The quantitative estimate of drug-likeness (QED) is 0.110. The number of amides is 2. The van der Waals surface area contributed by atoms with Gasteiger partial charge in [-0.05, 0) is 100 Å². The van der Waals surface area contributed by atoms with Gasteiger partial charge >= 0.3 is 0 Å². The van der Waals surface area contributed by atoms with Crippen molar-refractivity contribution < 1.29 is 27.0 Å². The van der Waals surface area contributed by atoms with Crippen LogP contribution in [0.3, 0.4) is 0 Å². The summed E-state index contributed by atoms with van der Waals surface area (Å²) >= 11 is 0. The Bertz CT molecular complexity index is 2190. The number of benzene rings is 4. The Morgan fingerprint density at radius 1 is 0.904 bits per heavy atom. The molecular formula is C42H45N3O6S. The minimum absolute atomic E-state index is 0.00908. The largest absolute Gasteiger partial charge is 0.436 e. The molecule has 0 fully saturated rings. The maximum atomic E-state index is 14.1. The fraction of sp³-hybridized carbons (Fsp3) is 0.310. The van der Waals surface area contributed by atoms with E-state index in [9.17, 15) is 18.0 Å². The lowest BCUT2D eigenvalue weighted by molar-refractivity contribution is -0.117. The molecule has 3 atom stereocenters. The van der Waals surface area contributed by atoms with Crippen LogP contribution in [0.2, 0.25) is 0 Å². The first-order valence-corrected chi connectivity index (χ1v) is 19.2. The predicted octanol–water partition coefficient (Wildman–Crippen LogP) is 8.55. The van der Waals surface area contributed by atoms with Gasteiger partial charge in [0, 0.05) is 23.4 Å². The molecule has 0 spiro atoms. The topological polar surface area (TPSA) is 139 Å². The minimum Gasteiger partial charge on any atom is -0.436 e. The van der Waals surface area contributed by atoms with E-state index in [1.165, 1.54) is 5.57 Å². The molecule has 270 valence electrons. The number of aromatic nitrogens is 1. The van der Waals surface area contributed by atoms with Crippen LogP contribution in [0.4, 0.5) is 5.69 Å². The lowest BCUT2D eigenvalue weighted by atomic mass is 9.61. The number of allylic oxidation sites excluding steroid dienone is 2. The first-order chi connectivity index (χ1) is 24.7. The van der Waals surface area contributed by atoms with Gasteiger partial charge in [-0.25, -0.2) is 4.98 Å². The van der Waals surface area contributed by atoms with Gasteiger partial charge < -0.3 is 15.1 Å². The molecule has 5 aromatic rings. The molecule has 1 aromatic heterocycles. The molecule has 1 heterocycles. The average molecular weight is 720 g/mol. The number of hydrogen-bond acceptors (Lipinski definition) is 6. The number of fused-ring (bicyclic) bond motifs is 1. The van der Waals surface area contributed by atoms with Gasteiger partial charge in [0.15, 0.2) is 5.58 Å². The van der Waals surface area contributed by atoms with Gasteiger partial charge in [0.1, 0.15) is 5.52 Å². The maximum Gasteiger partial charge on any atom is 0.266 e. The van der Waals surface area contributed by atoms with Crippen LogP contribution in [-0.4, -0.2) is 42.1 Å². The number of carbonyl (C=O) groups excluding carboxylic acids is 2. The van der Waals surface area contributed by atoms with Crippen molar-refractivity contribution in [3.05, 3.63) is 125 Å². The lowest BCUT2D eigenvalue weighted by Gasteiger charge is -2.43. The number of hydrogen-bond donors (Lipinski definition) is 3. The number of oxazole rings is 1. The van der Waals surface area contributed by atoms with Crippen LogP contribution in [0.15, 0.2) is 108 Å². The summed E-state index contributed by atoms with van der Waals surface area (Å²) in [7, 11) is -4.19. The number of nitrogens with one attached hydrogen (secondary N) is 2. The van der Waals surface area contributed by atoms with Crippen molar-refractivity contribution in [1.82, 2.24) is 10.3 Å². The molecule has 1 aliphatic rings. The molecule has 0 saturated heterocycles. The third-order valence-corrected chi connectivity index (χ3v) is 11.9. The van der Waals surface area contributed by atoms with E-state index in [0.717, 1.165) is 34.2 Å². The third-order valence-electron chi connectivity index (χ3n) is 11.2. The fourth-order valence-corrected chi connectivity index (χ4v) is 7.51. The Balaban J connectivity index is 1.24. The van der Waals surface area contributed by atoms with E-state index in [1.807, 2.05) is 60.7 Å². The van der Waals surface area contributed by atoms with E-state index in [-0.39, 0.29) is 23.3 Å². The molecule has 9 nitrogen and oxygen atoms in total. The number of anilines is 1. The normalized spacial score (nSPS) is 18.9. The molecule has 0 saturated carbocycles. The van der Waals surface area contributed by atoms with Crippen LogP contribution in [0.5, 0.6) is 0 Å². The molecule has 2 unspecified atom stereocenters. The Morgan fingerprint density at radius 3 is 2.19 bits per heavy atom. The molecule has 3 N–H and O–H groups in total. The molecular weight excluding hydrogens is 675 g/mol. The van der Waals surface area contributed by atoms with Gasteiger partial charge in [-0.2, -0.15) is 8.42 Å². The summed E-state index contributed by atoms with van der Waals surface area (Å²) < 4.78 is 36.9. The highest BCUT2D eigenvalue weighted by Gasteiger charge is 2.50. The summed E-state index contributed by atoms with van der Waals surface area (Å²) in [5.41, 5.74) is 7.56. The van der Waals surface area contributed by atoms with Crippen molar-refractivity contribution in [2.24, 2.45) is 16.7 Å². The van der Waals surface area contributed by atoms with Crippen LogP contribution in [-0.2, 0) is 21.3 Å². The SMILES string of the molecule is CCC1(C)C(c2ccc([C@@H](Cc3ccc(C(=O)NCCS(=O)(=O)O)cc3)C(=O)Nc3ccc(-c4nc5ccccc5o4)cc3)cc2)=CC(C)C1(C)C. The molecule has 2 amide bonds. The van der Waals surface area contributed by atoms with E-state index in [4.69, 9.17) is 8.97 Å². The van der Waals surface area contributed by atoms with Crippen molar-refractivity contribution in [3.8, 4) is 11.5 Å². The number of para-hydroxylation sites is 2. The van der Waals surface area contributed by atoms with E-state index < -0.39 is 27.7 Å². The molecule has 10 heteroatoms. The van der Waals surface area contributed by atoms with Crippen LogP contribution in [0.25, 0.3) is 28.1 Å². The standard InChI is InChI=1S/C42H45N3O6S/c1-6-42(5)35(25-27(2)41(42,3)4)30-17-15-29(16-18-30)34(26-28-11-13-31(14-12-28)38(46)43-23-24-52(48,49)50)39(47)44-33-21-19-32(20-22-33)40-45-36-9-7-8-10-37(36)51-40/h7-22,25,27,34H,6,23-24,26H2,1-5H3,(H,43,46)(H,44,47)(H,48,49,50)/t27?,34-,42?/m1/s1. The van der Waals surface area contributed by atoms with Crippen molar-refractivity contribution >= 4 is 44.3 Å². The van der Waals surface area contributed by atoms with Crippen molar-refractivity contribution in [2.45, 2.75) is 53.4 Å². The maximum absolute atomic E-state index is 14.1. The third kappa shape index (κ3) is 7.59. The summed E-state index contributed by atoms with van der Waals surface area (Å²) in [6.07, 6.45) is 3.78. The molecule has 0 aliphatic heterocycles. The van der Waals surface area contributed by atoms with Gasteiger partial charge in [0.2, 0.25) is 11.8 Å². The van der Waals surface area contributed by atoms with Crippen LogP contribution < -0.4 is 10.6 Å².